The van der Waals surface area contributed by atoms with Gasteiger partial charge in [-0.25, -0.2) is 9.78 Å². The van der Waals surface area contributed by atoms with E-state index in [1.807, 2.05) is 43.5 Å². The van der Waals surface area contributed by atoms with Gasteiger partial charge in [0.25, 0.3) is 0 Å². The van der Waals surface area contributed by atoms with E-state index in [1.54, 1.807) is 0 Å². The number of hydrogen-bond donors (Lipinski definition) is 1. The van der Waals surface area contributed by atoms with E-state index >= 15 is 0 Å². The number of hydrogen-bond acceptors (Lipinski definition) is 5. The maximum Gasteiger partial charge on any atom is 0.358 e. The lowest BCUT2D eigenvalue weighted by Gasteiger charge is -2.05. The van der Waals surface area contributed by atoms with E-state index in [9.17, 15) is 9.90 Å². The summed E-state index contributed by atoms with van der Waals surface area (Å²) in [4.78, 5) is 15.7. The first-order valence-electron chi connectivity index (χ1n) is 6.25. The van der Waals surface area contributed by atoms with Crippen LogP contribution in [0.2, 0.25) is 0 Å². The van der Waals surface area contributed by atoms with Crippen LogP contribution in [0.4, 0.5) is 0 Å². The monoisotopic (exact) mass is 300 g/mol. The van der Waals surface area contributed by atoms with Gasteiger partial charge < -0.3 is 5.11 Å². The van der Waals surface area contributed by atoms with E-state index in [1.165, 1.54) is 16.0 Å². The first-order chi connectivity index (χ1) is 10.1. The Kier molecular flexibility index (Phi) is 3.26. The molecule has 0 spiro atoms. The highest BCUT2D eigenvalue weighted by atomic mass is 32.1. The fourth-order valence-electron chi connectivity index (χ4n) is 2.05. The Morgan fingerprint density at radius 1 is 1.33 bits per heavy atom. The van der Waals surface area contributed by atoms with Crippen molar-refractivity contribution in [3.05, 3.63) is 46.6 Å². The van der Waals surface area contributed by atoms with E-state index in [4.69, 9.17) is 0 Å². The number of carboxylic acids is 1. The molecule has 0 aliphatic rings. The van der Waals surface area contributed by atoms with Gasteiger partial charge in [-0.05, 0) is 19.9 Å². The van der Waals surface area contributed by atoms with E-state index in [-0.39, 0.29) is 5.69 Å². The summed E-state index contributed by atoms with van der Waals surface area (Å²) in [6.07, 6.45) is 0. The SMILES string of the molecule is Cc1cccc(-c2c(C(=O)O)nnn2-c2nc(C)cs2)c1. The standard InChI is InChI=1S/C14H12N4O2S/c1-8-4-3-5-10(6-8)12-11(13(19)20)16-17-18(12)14-15-9(2)7-21-14/h3-7H,1-2H3,(H,19,20). The third kappa shape index (κ3) is 2.43. The van der Waals surface area contributed by atoms with Crippen LogP contribution in [-0.4, -0.2) is 31.1 Å². The molecule has 0 unspecified atom stereocenters. The molecule has 106 valence electrons. The zero-order chi connectivity index (χ0) is 15.0. The molecule has 1 aromatic carbocycles. The fourth-order valence-corrected chi connectivity index (χ4v) is 2.80. The van der Waals surface area contributed by atoms with Gasteiger partial charge in [0.15, 0.2) is 5.69 Å². The van der Waals surface area contributed by atoms with Gasteiger partial charge in [0.05, 0.1) is 5.69 Å². The van der Waals surface area contributed by atoms with E-state index in [2.05, 4.69) is 15.3 Å². The van der Waals surface area contributed by atoms with Gasteiger partial charge in [0, 0.05) is 10.9 Å². The fraction of sp³-hybridized carbons (Fsp3) is 0.143. The highest BCUT2D eigenvalue weighted by molar-refractivity contribution is 7.12. The maximum atomic E-state index is 11.4. The minimum Gasteiger partial charge on any atom is -0.476 e. The molecule has 0 radical (unpaired) electrons. The van der Waals surface area contributed by atoms with Crippen LogP contribution in [0.1, 0.15) is 21.7 Å². The number of nitrogens with zero attached hydrogens (tertiary/aromatic N) is 4. The molecule has 7 heteroatoms. The van der Waals surface area contributed by atoms with Crippen molar-refractivity contribution in [2.24, 2.45) is 0 Å². The summed E-state index contributed by atoms with van der Waals surface area (Å²) in [5, 5.41) is 19.6. The number of carboxylic acid groups (broad SMARTS) is 1. The summed E-state index contributed by atoms with van der Waals surface area (Å²) < 4.78 is 1.48. The third-order valence-electron chi connectivity index (χ3n) is 2.95. The van der Waals surface area contributed by atoms with Crippen molar-refractivity contribution in [3.8, 4) is 16.4 Å². The van der Waals surface area contributed by atoms with Crippen molar-refractivity contribution in [2.75, 3.05) is 0 Å². The Hall–Kier alpha value is -2.54. The highest BCUT2D eigenvalue weighted by Crippen LogP contribution is 2.27. The topological polar surface area (TPSA) is 80.9 Å². The molecule has 2 heterocycles. The number of rotatable bonds is 3. The maximum absolute atomic E-state index is 11.4. The molecule has 0 aliphatic carbocycles. The molecule has 2 aromatic heterocycles. The zero-order valence-corrected chi connectivity index (χ0v) is 12.3. The molecule has 0 saturated heterocycles. The molecule has 0 aliphatic heterocycles. The van der Waals surface area contributed by atoms with Crippen molar-refractivity contribution >= 4 is 17.3 Å². The number of aryl methyl sites for hydroxylation is 2. The number of aromatic carboxylic acids is 1. The predicted octanol–water partition coefficient (Wildman–Crippen LogP) is 2.71. The molecule has 21 heavy (non-hydrogen) atoms. The lowest BCUT2D eigenvalue weighted by atomic mass is 10.1. The molecule has 3 aromatic rings. The molecular formula is C14H12N4O2S. The van der Waals surface area contributed by atoms with Crippen molar-refractivity contribution in [1.29, 1.82) is 0 Å². The summed E-state index contributed by atoms with van der Waals surface area (Å²) in [6, 6.07) is 7.57. The minimum absolute atomic E-state index is 0.0755. The Morgan fingerprint density at radius 3 is 2.76 bits per heavy atom. The van der Waals surface area contributed by atoms with Crippen LogP contribution in [-0.2, 0) is 0 Å². The second kappa shape index (κ2) is 5.10. The molecular weight excluding hydrogens is 288 g/mol. The lowest BCUT2D eigenvalue weighted by molar-refractivity contribution is 0.0691. The zero-order valence-electron chi connectivity index (χ0n) is 11.4. The van der Waals surface area contributed by atoms with Crippen molar-refractivity contribution in [2.45, 2.75) is 13.8 Å². The number of thiazole rings is 1. The molecule has 0 fully saturated rings. The Balaban J connectivity index is 2.25. The summed E-state index contributed by atoms with van der Waals surface area (Å²) in [7, 11) is 0. The average molecular weight is 300 g/mol. The van der Waals surface area contributed by atoms with Gasteiger partial charge >= 0.3 is 5.97 Å². The van der Waals surface area contributed by atoms with Crippen molar-refractivity contribution in [3.63, 3.8) is 0 Å². The molecule has 6 nitrogen and oxygen atoms in total. The highest BCUT2D eigenvalue weighted by Gasteiger charge is 2.22. The summed E-state index contributed by atoms with van der Waals surface area (Å²) in [5.41, 5.74) is 3.02. The van der Waals surface area contributed by atoms with Gasteiger partial charge in [-0.3, -0.25) is 0 Å². The van der Waals surface area contributed by atoms with Crippen LogP contribution < -0.4 is 0 Å². The van der Waals surface area contributed by atoms with E-state index in [0.29, 0.717) is 10.8 Å². The second-order valence-electron chi connectivity index (χ2n) is 4.64. The van der Waals surface area contributed by atoms with Crippen LogP contribution in [0.3, 0.4) is 0 Å². The van der Waals surface area contributed by atoms with E-state index < -0.39 is 5.97 Å². The Morgan fingerprint density at radius 2 is 2.14 bits per heavy atom. The minimum atomic E-state index is -1.11. The molecule has 0 saturated carbocycles. The van der Waals surface area contributed by atoms with Gasteiger partial charge in [-0.2, -0.15) is 4.68 Å². The van der Waals surface area contributed by atoms with Gasteiger partial charge in [0.1, 0.15) is 5.69 Å². The van der Waals surface area contributed by atoms with Crippen LogP contribution >= 0.6 is 11.3 Å². The Labute approximate surface area is 124 Å². The summed E-state index contributed by atoms with van der Waals surface area (Å²) in [6.45, 7) is 3.83. The predicted molar refractivity (Wildman–Crippen MR) is 78.9 cm³/mol. The van der Waals surface area contributed by atoms with Crippen molar-refractivity contribution < 1.29 is 9.90 Å². The molecule has 0 atom stereocenters. The first-order valence-corrected chi connectivity index (χ1v) is 7.13. The van der Waals surface area contributed by atoms with Crippen LogP contribution in [0, 0.1) is 13.8 Å². The quantitative estimate of drug-likeness (QED) is 0.804. The summed E-state index contributed by atoms with van der Waals surface area (Å²) >= 11 is 1.40. The summed E-state index contributed by atoms with van der Waals surface area (Å²) in [5.74, 6) is -1.11. The molecule has 0 amide bonds. The van der Waals surface area contributed by atoms with Gasteiger partial charge in [-0.15, -0.1) is 16.4 Å². The third-order valence-corrected chi connectivity index (χ3v) is 3.89. The van der Waals surface area contributed by atoms with Gasteiger partial charge in [-0.1, -0.05) is 29.0 Å². The molecule has 3 rings (SSSR count). The normalized spacial score (nSPS) is 10.8. The number of carbonyl (C=O) groups is 1. The first kappa shape index (κ1) is 13.4. The van der Waals surface area contributed by atoms with E-state index in [0.717, 1.165) is 16.8 Å². The van der Waals surface area contributed by atoms with Crippen LogP contribution in [0.25, 0.3) is 16.4 Å². The molecule has 1 N–H and O–H groups in total. The smallest absolute Gasteiger partial charge is 0.358 e. The number of benzene rings is 1. The average Bonchev–Trinajstić information content (AvgIpc) is 3.04. The van der Waals surface area contributed by atoms with Gasteiger partial charge in [0.2, 0.25) is 5.13 Å². The number of aromatic nitrogens is 4. The van der Waals surface area contributed by atoms with Crippen molar-refractivity contribution in [1.82, 2.24) is 20.0 Å². The van der Waals surface area contributed by atoms with Crippen LogP contribution in [0.15, 0.2) is 29.6 Å². The lowest BCUT2D eigenvalue weighted by Crippen LogP contribution is -2.03. The van der Waals surface area contributed by atoms with Crippen LogP contribution in [0.5, 0.6) is 0 Å². The second-order valence-corrected chi connectivity index (χ2v) is 5.48. The largest absolute Gasteiger partial charge is 0.476 e. The molecule has 0 bridgehead atoms. The Bertz CT molecular complexity index is 822.